The fraction of sp³-hybridized carbons (Fsp3) is 0.333. The summed E-state index contributed by atoms with van der Waals surface area (Å²) in [5.41, 5.74) is 0.656. The summed E-state index contributed by atoms with van der Waals surface area (Å²) in [4.78, 5) is 0. The molecule has 1 N–H and O–H groups in total. The molecule has 1 heterocycles. The number of halogens is 4. The summed E-state index contributed by atoms with van der Waals surface area (Å²) >= 11 is 3.07. The maximum atomic E-state index is 12.8. The highest BCUT2D eigenvalue weighted by Gasteiger charge is 2.33. The molecule has 1 fully saturated rings. The topological polar surface area (TPSA) is 12.0 Å². The van der Waals surface area contributed by atoms with Crippen LogP contribution in [-0.4, -0.2) is 13.1 Å². The van der Waals surface area contributed by atoms with Gasteiger partial charge in [-0.05, 0) is 30.7 Å². The Kier molecular flexibility index (Phi) is 3.58. The molecule has 0 unspecified atom stereocenters. The Bertz CT molecular complexity index is 444. The molecule has 0 spiro atoms. The van der Waals surface area contributed by atoms with Gasteiger partial charge in [-0.3, -0.25) is 0 Å². The first-order valence-electron chi connectivity index (χ1n) is 5.24. The van der Waals surface area contributed by atoms with Gasteiger partial charge in [0.05, 0.1) is 5.56 Å². The lowest BCUT2D eigenvalue weighted by Crippen LogP contribution is -2.08. The summed E-state index contributed by atoms with van der Waals surface area (Å²) < 4.78 is 39.0. The van der Waals surface area contributed by atoms with Crippen LogP contribution in [0.2, 0.25) is 0 Å². The van der Waals surface area contributed by atoms with Crippen molar-refractivity contribution in [2.75, 3.05) is 13.1 Å². The van der Waals surface area contributed by atoms with Gasteiger partial charge in [-0.15, -0.1) is 0 Å². The first-order valence-corrected chi connectivity index (χ1v) is 6.03. The number of nitrogens with one attached hydrogen (secondary N) is 1. The molecule has 0 radical (unpaired) electrons. The number of hydrogen-bond donors (Lipinski definition) is 1. The van der Waals surface area contributed by atoms with Crippen molar-refractivity contribution < 1.29 is 13.2 Å². The van der Waals surface area contributed by atoms with E-state index in [4.69, 9.17) is 0 Å². The molecule has 0 atom stereocenters. The van der Waals surface area contributed by atoms with Crippen LogP contribution in [0.3, 0.4) is 0 Å². The molecule has 1 aliphatic heterocycles. The zero-order chi connectivity index (χ0) is 12.5. The fourth-order valence-corrected chi connectivity index (χ4v) is 2.19. The first kappa shape index (κ1) is 12.6. The largest absolute Gasteiger partial charge is 0.417 e. The van der Waals surface area contributed by atoms with Gasteiger partial charge in [0.25, 0.3) is 0 Å². The smallest absolute Gasteiger partial charge is 0.313 e. The summed E-state index contributed by atoms with van der Waals surface area (Å²) in [5, 5.41) is 3.10. The Labute approximate surface area is 106 Å². The molecule has 1 saturated heterocycles. The van der Waals surface area contributed by atoms with Crippen LogP contribution in [-0.2, 0) is 6.18 Å². The van der Waals surface area contributed by atoms with Crippen molar-refractivity contribution in [3.8, 4) is 0 Å². The minimum atomic E-state index is -4.32. The standard InChI is InChI=1S/C12H11BrF3N/c13-10-2-1-9(5-8-3-4-17-7-8)11(6-10)12(14,15)16/h1-2,5-6,17H,3-4,7H2. The van der Waals surface area contributed by atoms with E-state index < -0.39 is 11.7 Å². The second kappa shape index (κ2) is 4.82. The molecule has 92 valence electrons. The second-order valence-electron chi connectivity index (χ2n) is 3.96. The van der Waals surface area contributed by atoms with Crippen molar-refractivity contribution in [2.45, 2.75) is 12.6 Å². The summed E-state index contributed by atoms with van der Waals surface area (Å²) in [6.45, 7) is 1.51. The molecule has 1 aliphatic rings. The Morgan fingerprint density at radius 2 is 2.06 bits per heavy atom. The molecule has 0 saturated carbocycles. The van der Waals surface area contributed by atoms with E-state index in [9.17, 15) is 13.2 Å². The van der Waals surface area contributed by atoms with Crippen molar-refractivity contribution in [3.05, 3.63) is 39.4 Å². The molecular formula is C12H11BrF3N. The van der Waals surface area contributed by atoms with E-state index >= 15 is 0 Å². The molecule has 1 aromatic carbocycles. The fourth-order valence-electron chi connectivity index (χ4n) is 1.83. The average molecular weight is 306 g/mol. The second-order valence-corrected chi connectivity index (χ2v) is 4.87. The number of benzene rings is 1. The zero-order valence-corrected chi connectivity index (χ0v) is 10.5. The van der Waals surface area contributed by atoms with Crippen LogP contribution in [0, 0.1) is 0 Å². The van der Waals surface area contributed by atoms with Gasteiger partial charge in [-0.25, -0.2) is 0 Å². The van der Waals surface area contributed by atoms with Crippen LogP contribution < -0.4 is 5.32 Å². The molecular weight excluding hydrogens is 295 g/mol. The lowest BCUT2D eigenvalue weighted by Gasteiger charge is -2.11. The van der Waals surface area contributed by atoms with Gasteiger partial charge in [0.1, 0.15) is 0 Å². The Hall–Kier alpha value is -0.810. The molecule has 5 heteroatoms. The van der Waals surface area contributed by atoms with Gasteiger partial charge in [0, 0.05) is 11.0 Å². The van der Waals surface area contributed by atoms with Crippen LogP contribution in [0.1, 0.15) is 17.5 Å². The molecule has 1 nitrogen and oxygen atoms in total. The molecule has 17 heavy (non-hydrogen) atoms. The van der Waals surface area contributed by atoms with E-state index in [0.29, 0.717) is 11.0 Å². The Balaban J connectivity index is 2.42. The Morgan fingerprint density at radius 3 is 2.65 bits per heavy atom. The third kappa shape index (κ3) is 3.10. The quantitative estimate of drug-likeness (QED) is 0.831. The number of alkyl halides is 3. The predicted octanol–water partition coefficient (Wildman–Crippen LogP) is 3.84. The van der Waals surface area contributed by atoms with Gasteiger partial charge in [-0.2, -0.15) is 13.2 Å². The van der Waals surface area contributed by atoms with Crippen molar-refractivity contribution in [3.63, 3.8) is 0 Å². The van der Waals surface area contributed by atoms with E-state index in [0.717, 1.165) is 24.6 Å². The van der Waals surface area contributed by atoms with Crippen molar-refractivity contribution in [1.82, 2.24) is 5.32 Å². The highest BCUT2D eigenvalue weighted by molar-refractivity contribution is 9.10. The third-order valence-electron chi connectivity index (χ3n) is 2.66. The lowest BCUT2D eigenvalue weighted by molar-refractivity contribution is -0.137. The predicted molar refractivity (Wildman–Crippen MR) is 64.6 cm³/mol. The van der Waals surface area contributed by atoms with Crippen LogP contribution in [0.4, 0.5) is 13.2 Å². The Morgan fingerprint density at radius 1 is 1.29 bits per heavy atom. The van der Waals surface area contributed by atoms with Gasteiger partial charge in [0.15, 0.2) is 0 Å². The monoisotopic (exact) mass is 305 g/mol. The normalized spacial score (nSPS) is 18.9. The van der Waals surface area contributed by atoms with E-state index in [1.165, 1.54) is 6.07 Å². The van der Waals surface area contributed by atoms with E-state index in [1.54, 1.807) is 12.1 Å². The van der Waals surface area contributed by atoms with E-state index in [-0.39, 0.29) is 5.56 Å². The van der Waals surface area contributed by atoms with Crippen LogP contribution in [0.5, 0.6) is 0 Å². The summed E-state index contributed by atoms with van der Waals surface area (Å²) in [6.07, 6.45) is -1.87. The van der Waals surface area contributed by atoms with Crippen LogP contribution in [0.25, 0.3) is 6.08 Å². The van der Waals surface area contributed by atoms with Crippen molar-refractivity contribution in [2.24, 2.45) is 0 Å². The highest BCUT2D eigenvalue weighted by atomic mass is 79.9. The summed E-state index contributed by atoms with van der Waals surface area (Å²) in [7, 11) is 0. The maximum absolute atomic E-state index is 12.8. The SMILES string of the molecule is FC(F)(F)c1cc(Br)ccc1C=C1CCNC1. The lowest BCUT2D eigenvalue weighted by atomic mass is 10.0. The van der Waals surface area contributed by atoms with Crippen molar-refractivity contribution >= 4 is 22.0 Å². The van der Waals surface area contributed by atoms with Gasteiger partial charge in [0.2, 0.25) is 0 Å². The molecule has 2 rings (SSSR count). The van der Waals surface area contributed by atoms with Gasteiger partial charge >= 0.3 is 6.18 Å². The minimum absolute atomic E-state index is 0.236. The van der Waals surface area contributed by atoms with Gasteiger partial charge < -0.3 is 5.32 Å². The zero-order valence-electron chi connectivity index (χ0n) is 8.94. The van der Waals surface area contributed by atoms with E-state index in [1.807, 2.05) is 0 Å². The van der Waals surface area contributed by atoms with Crippen molar-refractivity contribution in [1.29, 1.82) is 0 Å². The highest BCUT2D eigenvalue weighted by Crippen LogP contribution is 2.35. The minimum Gasteiger partial charge on any atom is -0.313 e. The average Bonchev–Trinajstić information content (AvgIpc) is 2.72. The number of rotatable bonds is 1. The van der Waals surface area contributed by atoms with Crippen LogP contribution in [0.15, 0.2) is 28.2 Å². The first-order chi connectivity index (χ1) is 7.97. The molecule has 0 aliphatic carbocycles. The third-order valence-corrected chi connectivity index (χ3v) is 3.15. The van der Waals surface area contributed by atoms with Crippen LogP contribution >= 0.6 is 15.9 Å². The molecule has 1 aromatic rings. The molecule has 0 aromatic heterocycles. The maximum Gasteiger partial charge on any atom is 0.417 e. The summed E-state index contributed by atoms with van der Waals surface area (Å²) in [6, 6.07) is 4.25. The molecule has 0 bridgehead atoms. The van der Waals surface area contributed by atoms with E-state index in [2.05, 4.69) is 21.2 Å². The molecule has 0 amide bonds. The number of hydrogen-bond acceptors (Lipinski definition) is 1. The summed E-state index contributed by atoms with van der Waals surface area (Å²) in [5.74, 6) is 0. The van der Waals surface area contributed by atoms with Gasteiger partial charge in [-0.1, -0.05) is 33.6 Å².